The van der Waals surface area contributed by atoms with Crippen molar-refractivity contribution in [2.75, 3.05) is 4.72 Å². The van der Waals surface area contributed by atoms with Gasteiger partial charge in [0, 0.05) is 15.1 Å². The Bertz CT molecular complexity index is 806. The highest BCUT2D eigenvalue weighted by Crippen LogP contribution is 2.28. The maximum atomic E-state index is 12.4. The Balaban J connectivity index is 2.41. The summed E-state index contributed by atoms with van der Waals surface area (Å²) in [5.41, 5.74) is 0.666. The van der Waals surface area contributed by atoms with Crippen molar-refractivity contribution < 1.29 is 13.2 Å². The molecule has 0 amide bonds. The van der Waals surface area contributed by atoms with Gasteiger partial charge in [-0.25, -0.2) is 8.42 Å². The predicted molar refractivity (Wildman–Crippen MR) is 86.4 cm³/mol. The molecule has 0 heterocycles. The van der Waals surface area contributed by atoms with E-state index < -0.39 is 10.0 Å². The van der Waals surface area contributed by atoms with Gasteiger partial charge in [0.1, 0.15) is 0 Å². The van der Waals surface area contributed by atoms with E-state index in [0.717, 1.165) is 0 Å². The van der Waals surface area contributed by atoms with Gasteiger partial charge in [-0.3, -0.25) is 9.52 Å². The number of carbonyl (C=O) groups is 1. The first-order chi connectivity index (χ1) is 9.79. The van der Waals surface area contributed by atoms with Gasteiger partial charge >= 0.3 is 0 Å². The number of benzene rings is 2. The van der Waals surface area contributed by atoms with Gasteiger partial charge < -0.3 is 0 Å². The van der Waals surface area contributed by atoms with Crippen LogP contribution >= 0.6 is 27.5 Å². The van der Waals surface area contributed by atoms with Crippen molar-refractivity contribution in [3.05, 3.63) is 57.5 Å². The Morgan fingerprint density at radius 3 is 2.57 bits per heavy atom. The monoisotopic (exact) mass is 387 g/mol. The summed E-state index contributed by atoms with van der Waals surface area (Å²) in [6.45, 7) is 1.38. The van der Waals surface area contributed by atoms with Crippen LogP contribution in [0.25, 0.3) is 0 Å². The SMILES string of the molecule is CC(=O)c1cccc(S(=O)(=O)Nc2cc(Cl)ccc2Br)c1. The van der Waals surface area contributed by atoms with Crippen molar-refractivity contribution in [3.63, 3.8) is 0 Å². The van der Waals surface area contributed by atoms with Crippen molar-refractivity contribution >= 4 is 49.0 Å². The number of hydrogen-bond donors (Lipinski definition) is 1. The van der Waals surface area contributed by atoms with Gasteiger partial charge in [-0.05, 0) is 53.2 Å². The Hall–Kier alpha value is -1.37. The highest BCUT2D eigenvalue weighted by molar-refractivity contribution is 9.10. The number of halogens is 2. The number of Topliss-reactive ketones (excluding diaryl/α,β-unsaturated/α-hetero) is 1. The van der Waals surface area contributed by atoms with Crippen molar-refractivity contribution in [3.8, 4) is 0 Å². The van der Waals surface area contributed by atoms with Crippen LogP contribution in [0, 0.1) is 0 Å². The number of ketones is 1. The first-order valence-corrected chi connectivity index (χ1v) is 8.54. The number of hydrogen-bond acceptors (Lipinski definition) is 3. The molecule has 0 radical (unpaired) electrons. The standard InChI is InChI=1S/C14H11BrClNO3S/c1-9(18)10-3-2-4-12(7-10)21(19,20)17-14-8-11(16)5-6-13(14)15/h2-8,17H,1H3. The fourth-order valence-electron chi connectivity index (χ4n) is 1.66. The molecule has 1 N–H and O–H groups in total. The van der Waals surface area contributed by atoms with Gasteiger partial charge in [0.25, 0.3) is 10.0 Å². The summed E-state index contributed by atoms with van der Waals surface area (Å²) in [7, 11) is -3.80. The molecule has 2 rings (SSSR count). The molecule has 4 nitrogen and oxygen atoms in total. The van der Waals surface area contributed by atoms with E-state index in [0.29, 0.717) is 20.7 Å². The van der Waals surface area contributed by atoms with Gasteiger partial charge in [0.2, 0.25) is 0 Å². The second-order valence-electron chi connectivity index (χ2n) is 4.31. The molecule has 0 aliphatic heterocycles. The summed E-state index contributed by atoms with van der Waals surface area (Å²) in [5, 5.41) is 0.411. The summed E-state index contributed by atoms with van der Waals surface area (Å²) in [6, 6.07) is 10.6. The second kappa shape index (κ2) is 6.17. The molecule has 0 aromatic heterocycles. The summed E-state index contributed by atoms with van der Waals surface area (Å²) in [4.78, 5) is 11.4. The van der Waals surface area contributed by atoms with Crippen LogP contribution in [-0.4, -0.2) is 14.2 Å². The van der Waals surface area contributed by atoms with Crippen LogP contribution in [0.3, 0.4) is 0 Å². The molecule has 7 heteroatoms. The molecular weight excluding hydrogens is 378 g/mol. The smallest absolute Gasteiger partial charge is 0.261 e. The molecule has 0 atom stereocenters. The summed E-state index contributed by atoms with van der Waals surface area (Å²) in [5.74, 6) is -0.198. The van der Waals surface area contributed by atoms with Gasteiger partial charge in [0.15, 0.2) is 5.78 Å². The Labute approximate surface area is 136 Å². The molecular formula is C14H11BrClNO3S. The van der Waals surface area contributed by atoms with Gasteiger partial charge in [0.05, 0.1) is 10.6 Å². The molecule has 0 fully saturated rings. The van der Waals surface area contributed by atoms with E-state index >= 15 is 0 Å². The lowest BCUT2D eigenvalue weighted by Crippen LogP contribution is -2.14. The van der Waals surface area contributed by atoms with E-state index in [-0.39, 0.29) is 10.7 Å². The summed E-state index contributed by atoms with van der Waals surface area (Å²) >= 11 is 9.11. The Morgan fingerprint density at radius 2 is 1.90 bits per heavy atom. The lowest BCUT2D eigenvalue weighted by molar-refractivity contribution is 0.101. The largest absolute Gasteiger partial charge is 0.295 e. The van der Waals surface area contributed by atoms with Crippen molar-refractivity contribution in [2.24, 2.45) is 0 Å². The van der Waals surface area contributed by atoms with Crippen LogP contribution in [0.1, 0.15) is 17.3 Å². The number of carbonyl (C=O) groups excluding carboxylic acids is 1. The fourth-order valence-corrected chi connectivity index (χ4v) is 3.43. The molecule has 21 heavy (non-hydrogen) atoms. The highest BCUT2D eigenvalue weighted by atomic mass is 79.9. The van der Waals surface area contributed by atoms with Crippen LogP contribution in [0.5, 0.6) is 0 Å². The van der Waals surface area contributed by atoms with Crippen LogP contribution in [0.2, 0.25) is 5.02 Å². The van der Waals surface area contributed by atoms with E-state index in [9.17, 15) is 13.2 Å². The zero-order valence-electron chi connectivity index (χ0n) is 10.9. The van der Waals surface area contributed by atoms with E-state index in [2.05, 4.69) is 20.7 Å². The minimum absolute atomic E-state index is 0.0158. The fraction of sp³-hybridized carbons (Fsp3) is 0.0714. The zero-order chi connectivity index (χ0) is 15.6. The molecule has 0 saturated carbocycles. The first-order valence-electron chi connectivity index (χ1n) is 5.88. The number of anilines is 1. The maximum Gasteiger partial charge on any atom is 0.261 e. The third-order valence-electron chi connectivity index (χ3n) is 2.72. The molecule has 0 spiro atoms. The van der Waals surface area contributed by atoms with Crippen LogP contribution in [0.15, 0.2) is 51.8 Å². The predicted octanol–water partition coefficient (Wildman–Crippen LogP) is 4.11. The van der Waals surface area contributed by atoms with E-state index in [1.807, 2.05) is 0 Å². The third-order valence-corrected chi connectivity index (χ3v) is 5.01. The summed E-state index contributed by atoms with van der Waals surface area (Å²) < 4.78 is 27.7. The average Bonchev–Trinajstić information content (AvgIpc) is 2.43. The van der Waals surface area contributed by atoms with Crippen LogP contribution < -0.4 is 4.72 Å². The van der Waals surface area contributed by atoms with Gasteiger partial charge in [-0.2, -0.15) is 0 Å². The van der Waals surface area contributed by atoms with E-state index in [4.69, 9.17) is 11.6 Å². The highest BCUT2D eigenvalue weighted by Gasteiger charge is 2.17. The first kappa shape index (κ1) is 16.0. The summed E-state index contributed by atoms with van der Waals surface area (Å²) in [6.07, 6.45) is 0. The molecule has 0 aliphatic carbocycles. The number of rotatable bonds is 4. The van der Waals surface area contributed by atoms with Crippen molar-refractivity contribution in [1.29, 1.82) is 0 Å². The van der Waals surface area contributed by atoms with Crippen molar-refractivity contribution in [1.82, 2.24) is 0 Å². The lowest BCUT2D eigenvalue weighted by Gasteiger charge is -2.10. The molecule has 0 bridgehead atoms. The van der Waals surface area contributed by atoms with E-state index in [1.54, 1.807) is 18.2 Å². The molecule has 0 saturated heterocycles. The molecule has 0 unspecified atom stereocenters. The van der Waals surface area contributed by atoms with Crippen molar-refractivity contribution in [2.45, 2.75) is 11.8 Å². The molecule has 110 valence electrons. The Morgan fingerprint density at radius 1 is 1.19 bits per heavy atom. The van der Waals surface area contributed by atoms with Gasteiger partial charge in [-0.15, -0.1) is 0 Å². The van der Waals surface area contributed by atoms with Crippen LogP contribution in [-0.2, 0) is 10.0 Å². The Kier molecular flexibility index (Phi) is 4.70. The zero-order valence-corrected chi connectivity index (χ0v) is 14.1. The average molecular weight is 389 g/mol. The number of nitrogens with one attached hydrogen (secondary N) is 1. The molecule has 0 aliphatic rings. The normalized spacial score (nSPS) is 11.2. The quantitative estimate of drug-likeness (QED) is 0.802. The van der Waals surface area contributed by atoms with Crippen LogP contribution in [0.4, 0.5) is 5.69 Å². The lowest BCUT2D eigenvalue weighted by atomic mass is 10.2. The second-order valence-corrected chi connectivity index (χ2v) is 7.29. The molecule has 2 aromatic carbocycles. The van der Waals surface area contributed by atoms with E-state index in [1.165, 1.54) is 31.2 Å². The molecule has 2 aromatic rings. The third kappa shape index (κ3) is 3.84. The topological polar surface area (TPSA) is 63.2 Å². The minimum atomic E-state index is -3.80. The maximum absolute atomic E-state index is 12.4. The minimum Gasteiger partial charge on any atom is -0.295 e. The number of sulfonamides is 1. The van der Waals surface area contributed by atoms with Gasteiger partial charge in [-0.1, -0.05) is 23.7 Å².